The van der Waals surface area contributed by atoms with Gasteiger partial charge in [-0.05, 0) is 34.1 Å². The number of hydrogen-bond acceptors (Lipinski definition) is 4. The first-order valence-electron chi connectivity index (χ1n) is 4.77. The molecule has 0 bridgehead atoms. The molecule has 6 heteroatoms. The summed E-state index contributed by atoms with van der Waals surface area (Å²) in [6.45, 7) is -0.154. The number of nitriles is 1. The molecule has 1 aromatic rings. The summed E-state index contributed by atoms with van der Waals surface area (Å²) in [5.41, 5.74) is 0. The second-order valence-corrected chi connectivity index (χ2v) is 3.87. The van der Waals surface area contributed by atoms with Gasteiger partial charge in [0.15, 0.2) is 6.61 Å². The molecule has 0 aliphatic heterocycles. The van der Waals surface area contributed by atoms with Gasteiger partial charge in [-0.3, -0.25) is 4.79 Å². The fraction of sp³-hybridized carbons (Fsp3) is 0.273. The van der Waals surface area contributed by atoms with Crippen molar-refractivity contribution in [2.24, 2.45) is 0 Å². The maximum absolute atomic E-state index is 11.2. The lowest BCUT2D eigenvalue weighted by atomic mass is 10.3. The molecule has 1 aromatic carbocycles. The molecule has 0 spiro atoms. The normalized spacial score (nSPS) is 9.24. The van der Waals surface area contributed by atoms with Crippen LogP contribution in [-0.4, -0.2) is 26.2 Å². The molecule has 0 unspecified atom stereocenters. The van der Waals surface area contributed by atoms with E-state index in [1.54, 1.807) is 25.3 Å². The third kappa shape index (κ3) is 4.33. The Balaban J connectivity index is 2.52. The average molecular weight is 299 g/mol. The van der Waals surface area contributed by atoms with Crippen molar-refractivity contribution >= 4 is 21.8 Å². The summed E-state index contributed by atoms with van der Waals surface area (Å²) in [6.07, 6.45) is 0. The summed E-state index contributed by atoms with van der Waals surface area (Å²) in [5, 5.41) is 10.7. The van der Waals surface area contributed by atoms with Crippen molar-refractivity contribution in [2.75, 3.05) is 20.3 Å². The Hall–Kier alpha value is -1.74. The SMILES string of the molecule is COc1ccc(OCC(=O)NCC#N)c(Br)c1. The first-order chi connectivity index (χ1) is 8.17. The Morgan fingerprint density at radius 1 is 1.59 bits per heavy atom. The van der Waals surface area contributed by atoms with Crippen molar-refractivity contribution in [2.45, 2.75) is 0 Å². The van der Waals surface area contributed by atoms with E-state index >= 15 is 0 Å². The number of hydrogen-bond donors (Lipinski definition) is 1. The van der Waals surface area contributed by atoms with Gasteiger partial charge in [0.25, 0.3) is 5.91 Å². The number of rotatable bonds is 5. The van der Waals surface area contributed by atoms with Crippen LogP contribution >= 0.6 is 15.9 Å². The van der Waals surface area contributed by atoms with Crippen LogP contribution in [0.4, 0.5) is 0 Å². The molecule has 1 amide bonds. The van der Waals surface area contributed by atoms with Crippen LogP contribution in [0.2, 0.25) is 0 Å². The van der Waals surface area contributed by atoms with Crippen LogP contribution in [0.3, 0.4) is 0 Å². The van der Waals surface area contributed by atoms with Gasteiger partial charge in [0.1, 0.15) is 18.0 Å². The fourth-order valence-corrected chi connectivity index (χ4v) is 1.53. The van der Waals surface area contributed by atoms with E-state index in [1.165, 1.54) is 0 Å². The maximum atomic E-state index is 11.2. The number of carbonyl (C=O) groups is 1. The van der Waals surface area contributed by atoms with Gasteiger partial charge in [-0.2, -0.15) is 5.26 Å². The zero-order chi connectivity index (χ0) is 12.7. The van der Waals surface area contributed by atoms with Gasteiger partial charge < -0.3 is 14.8 Å². The highest BCUT2D eigenvalue weighted by Crippen LogP contribution is 2.28. The Morgan fingerprint density at radius 2 is 2.35 bits per heavy atom. The summed E-state index contributed by atoms with van der Waals surface area (Å²) in [4.78, 5) is 11.2. The predicted octanol–water partition coefficient (Wildman–Crippen LogP) is 1.48. The van der Waals surface area contributed by atoms with E-state index in [0.29, 0.717) is 16.0 Å². The van der Waals surface area contributed by atoms with Crippen LogP contribution in [0.15, 0.2) is 22.7 Å². The minimum atomic E-state index is -0.339. The van der Waals surface area contributed by atoms with Gasteiger partial charge >= 0.3 is 0 Å². The number of nitrogens with one attached hydrogen (secondary N) is 1. The summed E-state index contributed by atoms with van der Waals surface area (Å²) in [6, 6.07) is 6.97. The molecular formula is C11H11BrN2O3. The predicted molar refractivity (Wildman–Crippen MR) is 64.8 cm³/mol. The van der Waals surface area contributed by atoms with E-state index in [-0.39, 0.29) is 19.1 Å². The van der Waals surface area contributed by atoms with Gasteiger partial charge in [-0.25, -0.2) is 0 Å². The van der Waals surface area contributed by atoms with Crippen LogP contribution < -0.4 is 14.8 Å². The number of benzene rings is 1. The molecule has 0 heterocycles. The first-order valence-corrected chi connectivity index (χ1v) is 5.56. The largest absolute Gasteiger partial charge is 0.497 e. The summed E-state index contributed by atoms with van der Waals surface area (Å²) in [5.74, 6) is 0.894. The molecule has 0 atom stereocenters. The van der Waals surface area contributed by atoms with E-state index in [1.807, 2.05) is 6.07 Å². The van der Waals surface area contributed by atoms with Crippen LogP contribution in [0.5, 0.6) is 11.5 Å². The minimum absolute atomic E-state index is 0.0218. The monoisotopic (exact) mass is 298 g/mol. The molecule has 0 saturated carbocycles. The molecular weight excluding hydrogens is 288 g/mol. The average Bonchev–Trinajstić information content (AvgIpc) is 2.34. The van der Waals surface area contributed by atoms with E-state index < -0.39 is 0 Å². The van der Waals surface area contributed by atoms with E-state index in [2.05, 4.69) is 21.2 Å². The van der Waals surface area contributed by atoms with Gasteiger partial charge in [0.05, 0.1) is 17.7 Å². The molecule has 1 N–H and O–H groups in total. The van der Waals surface area contributed by atoms with E-state index in [4.69, 9.17) is 14.7 Å². The van der Waals surface area contributed by atoms with Crippen molar-refractivity contribution in [1.82, 2.24) is 5.32 Å². The number of halogens is 1. The third-order valence-electron chi connectivity index (χ3n) is 1.86. The molecule has 0 fully saturated rings. The maximum Gasteiger partial charge on any atom is 0.258 e. The van der Waals surface area contributed by atoms with Crippen LogP contribution in [0.25, 0.3) is 0 Å². The molecule has 0 aliphatic carbocycles. The zero-order valence-electron chi connectivity index (χ0n) is 9.20. The Morgan fingerprint density at radius 3 is 2.94 bits per heavy atom. The minimum Gasteiger partial charge on any atom is -0.497 e. The zero-order valence-corrected chi connectivity index (χ0v) is 10.8. The van der Waals surface area contributed by atoms with Gasteiger partial charge in [0, 0.05) is 0 Å². The Kier molecular flexibility index (Phi) is 5.30. The molecule has 0 saturated heterocycles. The lowest BCUT2D eigenvalue weighted by Crippen LogP contribution is -2.29. The van der Waals surface area contributed by atoms with Gasteiger partial charge in [0.2, 0.25) is 0 Å². The second-order valence-electron chi connectivity index (χ2n) is 3.02. The number of carbonyl (C=O) groups excluding carboxylic acids is 1. The third-order valence-corrected chi connectivity index (χ3v) is 2.48. The molecule has 0 aliphatic rings. The highest BCUT2D eigenvalue weighted by Gasteiger charge is 2.06. The highest BCUT2D eigenvalue weighted by atomic mass is 79.9. The van der Waals surface area contributed by atoms with Crippen molar-refractivity contribution in [3.8, 4) is 17.6 Å². The fourth-order valence-electron chi connectivity index (χ4n) is 1.06. The van der Waals surface area contributed by atoms with Crippen molar-refractivity contribution < 1.29 is 14.3 Å². The van der Waals surface area contributed by atoms with Crippen LogP contribution in [0.1, 0.15) is 0 Å². The molecule has 1 rings (SSSR count). The smallest absolute Gasteiger partial charge is 0.258 e. The number of nitrogens with zero attached hydrogens (tertiary/aromatic N) is 1. The summed E-state index contributed by atoms with van der Waals surface area (Å²) in [7, 11) is 1.57. The standard InChI is InChI=1S/C11H11BrN2O3/c1-16-8-2-3-10(9(12)6-8)17-7-11(15)14-5-4-13/h2-3,6H,5,7H2,1H3,(H,14,15). The number of ether oxygens (including phenoxy) is 2. The molecule has 90 valence electrons. The molecule has 0 aromatic heterocycles. The topological polar surface area (TPSA) is 71.3 Å². The molecule has 0 radical (unpaired) electrons. The van der Waals surface area contributed by atoms with Gasteiger partial charge in [-0.15, -0.1) is 0 Å². The van der Waals surface area contributed by atoms with E-state index in [0.717, 1.165) is 0 Å². The van der Waals surface area contributed by atoms with Crippen LogP contribution in [0, 0.1) is 11.3 Å². The van der Waals surface area contributed by atoms with Gasteiger partial charge in [-0.1, -0.05) is 0 Å². The quantitative estimate of drug-likeness (QED) is 0.836. The molecule has 5 nitrogen and oxygen atoms in total. The highest BCUT2D eigenvalue weighted by molar-refractivity contribution is 9.10. The number of amides is 1. The first kappa shape index (κ1) is 13.3. The summed E-state index contributed by atoms with van der Waals surface area (Å²) < 4.78 is 11.0. The van der Waals surface area contributed by atoms with Crippen LogP contribution in [-0.2, 0) is 4.79 Å². The molecule has 17 heavy (non-hydrogen) atoms. The second kappa shape index (κ2) is 6.76. The lowest BCUT2D eigenvalue weighted by Gasteiger charge is -2.08. The van der Waals surface area contributed by atoms with Crippen molar-refractivity contribution in [3.05, 3.63) is 22.7 Å². The lowest BCUT2D eigenvalue weighted by molar-refractivity contribution is -0.122. The Bertz CT molecular complexity index is 443. The van der Waals surface area contributed by atoms with Crippen molar-refractivity contribution in [3.63, 3.8) is 0 Å². The Labute approximate surface area is 107 Å². The summed E-state index contributed by atoms with van der Waals surface area (Å²) >= 11 is 3.30. The van der Waals surface area contributed by atoms with Crippen molar-refractivity contribution in [1.29, 1.82) is 5.26 Å². The number of methoxy groups -OCH3 is 1. The van der Waals surface area contributed by atoms with E-state index in [9.17, 15) is 4.79 Å².